The third-order valence-corrected chi connectivity index (χ3v) is 5.70. The van der Waals surface area contributed by atoms with Crippen LogP contribution in [0.4, 0.5) is 26.3 Å². The van der Waals surface area contributed by atoms with Crippen LogP contribution in [0.1, 0.15) is 37.5 Å². The number of nitrogens with one attached hydrogen (secondary N) is 1. The van der Waals surface area contributed by atoms with Crippen molar-refractivity contribution in [3.8, 4) is 0 Å². The van der Waals surface area contributed by atoms with E-state index in [4.69, 9.17) is 5.73 Å². The maximum atomic E-state index is 14.2. The Kier molecular flexibility index (Phi) is 7.72. The van der Waals surface area contributed by atoms with Gasteiger partial charge in [-0.3, -0.25) is 9.59 Å². The quantitative estimate of drug-likeness (QED) is 0.442. The highest BCUT2D eigenvalue weighted by molar-refractivity contribution is 5.83. The van der Waals surface area contributed by atoms with Crippen molar-refractivity contribution < 1.29 is 35.9 Å². The summed E-state index contributed by atoms with van der Waals surface area (Å²) in [5.41, 5.74) is 5.57. The van der Waals surface area contributed by atoms with Gasteiger partial charge in [-0.15, -0.1) is 10.2 Å². The molecule has 8 nitrogen and oxygen atoms in total. The van der Waals surface area contributed by atoms with Crippen LogP contribution in [0.25, 0.3) is 0 Å². The van der Waals surface area contributed by atoms with Gasteiger partial charge in [0.05, 0.1) is 12.6 Å². The second kappa shape index (κ2) is 10.2. The fraction of sp³-hybridized carbons (Fsp3) is 0.524. The monoisotopic (exact) mass is 506 g/mol. The van der Waals surface area contributed by atoms with Gasteiger partial charge < -0.3 is 20.5 Å². The summed E-state index contributed by atoms with van der Waals surface area (Å²) in [4.78, 5) is 26.7. The summed E-state index contributed by atoms with van der Waals surface area (Å²) in [5.74, 6) is -6.44. The van der Waals surface area contributed by atoms with Crippen molar-refractivity contribution in [1.29, 1.82) is 0 Å². The Hall–Kier alpha value is -3.16. The fourth-order valence-electron chi connectivity index (χ4n) is 3.68. The number of nitrogens with zero attached hydrogens (tertiary/aromatic N) is 4. The summed E-state index contributed by atoms with van der Waals surface area (Å²) in [6.45, 7) is 2.85. The number of nitrogens with two attached hydrogens (primary N) is 1. The van der Waals surface area contributed by atoms with Crippen LogP contribution in [0.5, 0.6) is 0 Å². The number of fused-ring (bicyclic) bond motifs is 1. The summed E-state index contributed by atoms with van der Waals surface area (Å²) in [6.07, 6.45) is -5.45. The molecular formula is C21H24F6N6O2. The summed E-state index contributed by atoms with van der Waals surface area (Å²) in [6, 6.07) is -0.999. The first kappa shape index (κ1) is 26.4. The van der Waals surface area contributed by atoms with Crippen LogP contribution in [0.3, 0.4) is 0 Å². The molecule has 2 atom stereocenters. The van der Waals surface area contributed by atoms with Crippen LogP contribution >= 0.6 is 0 Å². The summed E-state index contributed by atoms with van der Waals surface area (Å²) in [5, 5.41) is 9.21. The van der Waals surface area contributed by atoms with Crippen LogP contribution in [0.15, 0.2) is 12.1 Å². The molecule has 192 valence electrons. The van der Waals surface area contributed by atoms with E-state index in [0.717, 1.165) is 4.57 Å². The lowest BCUT2D eigenvalue weighted by Crippen LogP contribution is -2.50. The third-order valence-electron chi connectivity index (χ3n) is 5.70. The standard InChI is InChI=1S/C21H24F6N6O2/c1-10(2)18(28)19(35)29-12(5-11-6-14(23)15(24)8-13(11)22)7-17(34)32-3-4-33-16(9-32)30-31-20(33)21(25,26)27/h6,8,10,12,18H,3-5,7,9,28H2,1-2H3,(H,29,35)/t12-,18?/m1/s1. The Morgan fingerprint density at radius 3 is 2.37 bits per heavy atom. The van der Waals surface area contributed by atoms with Crippen molar-refractivity contribution >= 4 is 11.8 Å². The Morgan fingerprint density at radius 2 is 1.74 bits per heavy atom. The zero-order chi connectivity index (χ0) is 26.1. The van der Waals surface area contributed by atoms with E-state index in [0.29, 0.717) is 12.1 Å². The number of hydrogen-bond donors (Lipinski definition) is 2. The molecule has 0 saturated carbocycles. The second-order valence-corrected chi connectivity index (χ2v) is 8.65. The average molecular weight is 506 g/mol. The highest BCUT2D eigenvalue weighted by Gasteiger charge is 2.40. The molecular weight excluding hydrogens is 482 g/mol. The maximum absolute atomic E-state index is 14.2. The van der Waals surface area contributed by atoms with Crippen LogP contribution in [-0.2, 0) is 35.3 Å². The smallest absolute Gasteiger partial charge is 0.351 e. The summed E-state index contributed by atoms with van der Waals surface area (Å²) < 4.78 is 81.2. The van der Waals surface area contributed by atoms with E-state index in [1.54, 1.807) is 13.8 Å². The minimum atomic E-state index is -4.70. The van der Waals surface area contributed by atoms with E-state index in [9.17, 15) is 35.9 Å². The molecule has 2 heterocycles. The topological polar surface area (TPSA) is 106 Å². The van der Waals surface area contributed by atoms with Gasteiger partial charge in [0.15, 0.2) is 17.5 Å². The molecule has 1 unspecified atom stereocenters. The molecule has 3 rings (SSSR count). The van der Waals surface area contributed by atoms with Crippen LogP contribution in [0.2, 0.25) is 0 Å². The highest BCUT2D eigenvalue weighted by atomic mass is 19.4. The van der Waals surface area contributed by atoms with Gasteiger partial charge in [0.25, 0.3) is 0 Å². The number of amides is 2. The van der Waals surface area contributed by atoms with Gasteiger partial charge in [0.2, 0.25) is 17.6 Å². The van der Waals surface area contributed by atoms with Crippen LogP contribution in [0, 0.1) is 23.4 Å². The SMILES string of the molecule is CC(C)C(N)C(=O)N[C@@H](CC(=O)N1CCn2c(nnc2C(F)(F)F)C1)Cc1cc(F)c(F)cc1F. The number of benzene rings is 1. The zero-order valence-corrected chi connectivity index (χ0v) is 18.9. The molecule has 1 aliphatic heterocycles. The molecule has 0 fully saturated rings. The van der Waals surface area contributed by atoms with Gasteiger partial charge in [-0.1, -0.05) is 13.8 Å². The minimum Gasteiger partial charge on any atom is -0.351 e. The van der Waals surface area contributed by atoms with E-state index in [2.05, 4.69) is 15.5 Å². The molecule has 0 radical (unpaired) electrons. The second-order valence-electron chi connectivity index (χ2n) is 8.65. The van der Waals surface area contributed by atoms with Crippen molar-refractivity contribution in [3.63, 3.8) is 0 Å². The van der Waals surface area contributed by atoms with Crippen molar-refractivity contribution in [2.45, 2.75) is 58.0 Å². The lowest BCUT2D eigenvalue weighted by atomic mass is 9.99. The number of halogens is 6. The van der Waals surface area contributed by atoms with Gasteiger partial charge in [-0.05, 0) is 24.0 Å². The molecule has 1 aliphatic rings. The molecule has 3 N–H and O–H groups in total. The Labute approximate surface area is 196 Å². The summed E-state index contributed by atoms with van der Waals surface area (Å²) in [7, 11) is 0. The Bertz CT molecular complexity index is 1100. The van der Waals surface area contributed by atoms with Crippen molar-refractivity contribution in [3.05, 3.63) is 46.8 Å². The molecule has 35 heavy (non-hydrogen) atoms. The van der Waals surface area contributed by atoms with E-state index < -0.39 is 59.8 Å². The van der Waals surface area contributed by atoms with E-state index in [-0.39, 0.29) is 43.4 Å². The van der Waals surface area contributed by atoms with E-state index in [1.165, 1.54) is 4.90 Å². The van der Waals surface area contributed by atoms with Gasteiger partial charge in [0, 0.05) is 31.6 Å². The van der Waals surface area contributed by atoms with E-state index >= 15 is 0 Å². The van der Waals surface area contributed by atoms with Crippen molar-refractivity contribution in [1.82, 2.24) is 25.0 Å². The zero-order valence-electron chi connectivity index (χ0n) is 18.9. The van der Waals surface area contributed by atoms with Crippen molar-refractivity contribution in [2.75, 3.05) is 6.54 Å². The van der Waals surface area contributed by atoms with Crippen molar-refractivity contribution in [2.24, 2.45) is 11.7 Å². The molecule has 2 amide bonds. The number of aromatic nitrogens is 3. The first-order valence-corrected chi connectivity index (χ1v) is 10.7. The minimum absolute atomic E-state index is 0.0639. The number of carbonyl (C=O) groups is 2. The Morgan fingerprint density at radius 1 is 1.09 bits per heavy atom. The van der Waals surface area contributed by atoms with Crippen LogP contribution in [-0.4, -0.2) is 50.1 Å². The number of rotatable bonds is 7. The molecule has 0 bridgehead atoms. The van der Waals surface area contributed by atoms with Gasteiger partial charge >= 0.3 is 6.18 Å². The number of alkyl halides is 3. The van der Waals surface area contributed by atoms with Gasteiger partial charge in [0.1, 0.15) is 5.82 Å². The molecule has 0 saturated heterocycles. The summed E-state index contributed by atoms with van der Waals surface area (Å²) >= 11 is 0. The van der Waals surface area contributed by atoms with Gasteiger partial charge in [-0.25, -0.2) is 13.2 Å². The predicted molar refractivity (Wildman–Crippen MR) is 110 cm³/mol. The highest BCUT2D eigenvalue weighted by Crippen LogP contribution is 2.29. The molecule has 1 aromatic carbocycles. The number of hydrogen-bond acceptors (Lipinski definition) is 5. The Balaban J connectivity index is 1.78. The lowest BCUT2D eigenvalue weighted by molar-refractivity contribution is -0.148. The molecule has 2 aromatic rings. The van der Waals surface area contributed by atoms with E-state index in [1.807, 2.05) is 0 Å². The molecule has 0 spiro atoms. The largest absolute Gasteiger partial charge is 0.451 e. The fourth-order valence-corrected chi connectivity index (χ4v) is 3.68. The molecule has 0 aliphatic carbocycles. The first-order chi connectivity index (χ1) is 16.3. The normalized spacial score (nSPS) is 15.7. The average Bonchev–Trinajstić information content (AvgIpc) is 3.20. The predicted octanol–water partition coefficient (Wildman–Crippen LogP) is 2.16. The van der Waals surface area contributed by atoms with Crippen LogP contribution < -0.4 is 11.1 Å². The maximum Gasteiger partial charge on any atom is 0.451 e. The molecule has 1 aromatic heterocycles. The number of carbonyl (C=O) groups excluding carboxylic acids is 2. The van der Waals surface area contributed by atoms with Gasteiger partial charge in [-0.2, -0.15) is 13.2 Å². The third kappa shape index (κ3) is 6.10. The lowest BCUT2D eigenvalue weighted by Gasteiger charge is -2.30. The molecule has 14 heteroatoms. The first-order valence-electron chi connectivity index (χ1n) is 10.7.